The van der Waals surface area contributed by atoms with E-state index in [0.717, 1.165) is 16.7 Å². The van der Waals surface area contributed by atoms with Gasteiger partial charge in [-0.15, -0.1) is 0 Å². The molecule has 176 valence electrons. The van der Waals surface area contributed by atoms with Crippen molar-refractivity contribution in [2.24, 2.45) is 17.8 Å². The number of Topliss-reactive ketones (excluding diaryl/α,β-unsaturated/α-hetero) is 1. The second-order valence-corrected chi connectivity index (χ2v) is 9.02. The largest absolute Gasteiger partial charge is 0.481 e. The Kier molecular flexibility index (Phi) is 8.12. The highest BCUT2D eigenvalue weighted by atomic mass is 35.5. The van der Waals surface area contributed by atoms with Gasteiger partial charge in [0.05, 0.1) is 19.1 Å². The van der Waals surface area contributed by atoms with Crippen molar-refractivity contribution >= 4 is 23.4 Å². The summed E-state index contributed by atoms with van der Waals surface area (Å²) in [6, 6.07) is 24.5. The van der Waals surface area contributed by atoms with Gasteiger partial charge in [-0.25, -0.2) is 0 Å². The van der Waals surface area contributed by atoms with E-state index in [2.05, 4.69) is 0 Å². The molecule has 5 nitrogen and oxygen atoms in total. The molecule has 6 heteroatoms. The lowest BCUT2D eigenvalue weighted by Gasteiger charge is -2.20. The van der Waals surface area contributed by atoms with Gasteiger partial charge in [-0.2, -0.15) is 0 Å². The van der Waals surface area contributed by atoms with Crippen molar-refractivity contribution in [2.45, 2.75) is 19.4 Å². The predicted octanol–water partition coefficient (Wildman–Crippen LogP) is 6.11. The van der Waals surface area contributed by atoms with E-state index < -0.39 is 17.8 Å². The number of carboxylic acid groups (broad SMARTS) is 1. The van der Waals surface area contributed by atoms with Crippen LogP contribution in [-0.4, -0.2) is 30.3 Å². The van der Waals surface area contributed by atoms with Crippen LogP contribution in [0.2, 0.25) is 5.02 Å². The van der Waals surface area contributed by atoms with Crippen LogP contribution in [0.4, 0.5) is 0 Å². The maximum atomic E-state index is 13.2. The molecule has 3 aromatic rings. The van der Waals surface area contributed by atoms with Crippen LogP contribution in [0.25, 0.3) is 11.1 Å². The number of hydrogen-bond acceptors (Lipinski definition) is 4. The van der Waals surface area contributed by atoms with E-state index in [0.29, 0.717) is 30.0 Å². The summed E-state index contributed by atoms with van der Waals surface area (Å²) in [4.78, 5) is 25.2. The minimum atomic E-state index is -0.951. The Hall–Kier alpha value is -2.99. The molecule has 0 aliphatic heterocycles. The normalized spacial score (nSPS) is 19.7. The molecule has 0 spiro atoms. The molecule has 1 aliphatic carbocycles. The van der Waals surface area contributed by atoms with Crippen LogP contribution in [-0.2, 0) is 20.9 Å². The van der Waals surface area contributed by atoms with Gasteiger partial charge in [0.2, 0.25) is 0 Å². The van der Waals surface area contributed by atoms with Gasteiger partial charge < -0.3 is 14.6 Å². The Labute approximate surface area is 204 Å². The van der Waals surface area contributed by atoms with Crippen LogP contribution in [0.3, 0.4) is 0 Å². The maximum Gasteiger partial charge on any atom is 0.307 e. The molecule has 0 amide bonds. The quantitative estimate of drug-likeness (QED) is 0.216. The van der Waals surface area contributed by atoms with E-state index in [-0.39, 0.29) is 25.1 Å². The minimum absolute atomic E-state index is 0.0858. The average molecular weight is 479 g/mol. The summed E-state index contributed by atoms with van der Waals surface area (Å²) in [7, 11) is 0. The Morgan fingerprint density at radius 1 is 0.853 bits per heavy atom. The van der Waals surface area contributed by atoms with E-state index >= 15 is 0 Å². The average Bonchev–Trinajstić information content (AvgIpc) is 3.29. The fraction of sp³-hybridized carbons (Fsp3) is 0.286. The van der Waals surface area contributed by atoms with Gasteiger partial charge in [0.1, 0.15) is 6.79 Å². The number of carboxylic acids is 1. The summed E-state index contributed by atoms with van der Waals surface area (Å²) < 4.78 is 11.1. The number of benzene rings is 3. The zero-order valence-corrected chi connectivity index (χ0v) is 19.5. The third kappa shape index (κ3) is 5.92. The third-order valence-electron chi connectivity index (χ3n) is 6.37. The highest BCUT2D eigenvalue weighted by Crippen LogP contribution is 2.39. The number of ketones is 1. The van der Waals surface area contributed by atoms with Crippen molar-refractivity contribution in [3.63, 3.8) is 0 Å². The lowest BCUT2D eigenvalue weighted by molar-refractivity contribution is -0.146. The molecule has 3 atom stereocenters. The molecule has 0 saturated heterocycles. The van der Waals surface area contributed by atoms with Gasteiger partial charge in [-0.1, -0.05) is 78.3 Å². The fourth-order valence-corrected chi connectivity index (χ4v) is 4.74. The molecule has 0 bridgehead atoms. The van der Waals surface area contributed by atoms with Gasteiger partial charge in [-0.05, 0) is 47.6 Å². The number of halogens is 1. The van der Waals surface area contributed by atoms with Gasteiger partial charge in [0, 0.05) is 16.5 Å². The van der Waals surface area contributed by atoms with E-state index in [4.69, 9.17) is 21.1 Å². The molecule has 0 aromatic heterocycles. The fourth-order valence-electron chi connectivity index (χ4n) is 4.61. The summed E-state index contributed by atoms with van der Waals surface area (Å²) in [6.45, 7) is 0.772. The number of aliphatic carboxylic acids is 1. The van der Waals surface area contributed by atoms with Crippen LogP contribution >= 0.6 is 11.6 Å². The van der Waals surface area contributed by atoms with Crippen LogP contribution in [0.15, 0.2) is 78.9 Å². The molecule has 0 heterocycles. The number of carbonyl (C=O) groups excluding carboxylic acids is 1. The summed E-state index contributed by atoms with van der Waals surface area (Å²) in [5, 5.41) is 10.5. The molecule has 1 saturated carbocycles. The number of rotatable bonds is 10. The summed E-state index contributed by atoms with van der Waals surface area (Å²) >= 11 is 5.95. The SMILES string of the molecule is O=C(c1ccc(-c2ccc(Cl)cc2)cc1)C1CCC(COCOCc2ccccc2)C1C(=O)O. The molecule has 1 N–H and O–H groups in total. The first-order valence-corrected chi connectivity index (χ1v) is 11.7. The molecule has 1 fully saturated rings. The Morgan fingerprint density at radius 3 is 2.15 bits per heavy atom. The maximum absolute atomic E-state index is 13.2. The van der Waals surface area contributed by atoms with Crippen LogP contribution in [0.5, 0.6) is 0 Å². The summed E-state index contributed by atoms with van der Waals surface area (Å²) in [5.74, 6) is -2.62. The van der Waals surface area contributed by atoms with Crippen molar-refractivity contribution in [3.8, 4) is 11.1 Å². The second kappa shape index (κ2) is 11.4. The van der Waals surface area contributed by atoms with Gasteiger partial charge in [0.15, 0.2) is 5.78 Å². The van der Waals surface area contributed by atoms with E-state index in [9.17, 15) is 14.7 Å². The van der Waals surface area contributed by atoms with Gasteiger partial charge >= 0.3 is 5.97 Å². The molecule has 4 rings (SSSR count). The molecule has 3 aromatic carbocycles. The first kappa shape index (κ1) is 24.1. The highest BCUT2D eigenvalue weighted by molar-refractivity contribution is 6.30. The predicted molar refractivity (Wildman–Crippen MR) is 131 cm³/mol. The Morgan fingerprint density at radius 2 is 1.50 bits per heavy atom. The van der Waals surface area contributed by atoms with Crippen molar-refractivity contribution in [1.29, 1.82) is 0 Å². The Bertz CT molecular complexity index is 1100. The molecular formula is C28H27ClO5. The smallest absolute Gasteiger partial charge is 0.307 e. The van der Waals surface area contributed by atoms with E-state index in [1.54, 1.807) is 12.1 Å². The second-order valence-electron chi connectivity index (χ2n) is 8.58. The standard InChI is InChI=1S/C28H27ClO5/c29-24-13-10-21(11-14-24)20-6-8-22(9-7-20)27(30)25-15-12-23(26(25)28(31)32)17-34-18-33-16-19-4-2-1-3-5-19/h1-11,13-14,23,25-26H,12,15-18H2,(H,31,32). The highest BCUT2D eigenvalue weighted by Gasteiger charge is 2.44. The van der Waals surface area contributed by atoms with Gasteiger partial charge in [-0.3, -0.25) is 9.59 Å². The Balaban J connectivity index is 1.33. The number of hydrogen-bond donors (Lipinski definition) is 1. The molecule has 34 heavy (non-hydrogen) atoms. The zero-order chi connectivity index (χ0) is 23.9. The third-order valence-corrected chi connectivity index (χ3v) is 6.62. The van der Waals surface area contributed by atoms with Crippen molar-refractivity contribution in [2.75, 3.05) is 13.4 Å². The summed E-state index contributed by atoms with van der Waals surface area (Å²) in [6.07, 6.45) is 1.17. The molecule has 0 radical (unpaired) electrons. The van der Waals surface area contributed by atoms with Crippen molar-refractivity contribution in [3.05, 3.63) is 95.0 Å². The van der Waals surface area contributed by atoms with Crippen LogP contribution < -0.4 is 0 Å². The monoisotopic (exact) mass is 478 g/mol. The topological polar surface area (TPSA) is 72.8 Å². The first-order valence-electron chi connectivity index (χ1n) is 11.4. The number of carbonyl (C=O) groups is 2. The van der Waals surface area contributed by atoms with Crippen molar-refractivity contribution < 1.29 is 24.2 Å². The van der Waals surface area contributed by atoms with Gasteiger partial charge in [0.25, 0.3) is 0 Å². The minimum Gasteiger partial charge on any atom is -0.481 e. The molecule has 3 unspecified atom stereocenters. The summed E-state index contributed by atoms with van der Waals surface area (Å²) in [5.41, 5.74) is 3.54. The zero-order valence-electron chi connectivity index (χ0n) is 18.7. The molecule has 1 aliphatic rings. The van der Waals surface area contributed by atoms with E-state index in [1.165, 1.54) is 0 Å². The molecular weight excluding hydrogens is 452 g/mol. The van der Waals surface area contributed by atoms with Crippen LogP contribution in [0, 0.1) is 17.8 Å². The number of ether oxygens (including phenoxy) is 2. The van der Waals surface area contributed by atoms with Crippen LogP contribution in [0.1, 0.15) is 28.8 Å². The first-order chi connectivity index (χ1) is 16.5. The van der Waals surface area contributed by atoms with Crippen molar-refractivity contribution in [1.82, 2.24) is 0 Å². The lowest BCUT2D eigenvalue weighted by Crippen LogP contribution is -2.31. The lowest BCUT2D eigenvalue weighted by atomic mass is 9.84. The van der Waals surface area contributed by atoms with E-state index in [1.807, 2.05) is 66.7 Å².